The first kappa shape index (κ1) is 24.2. The molecule has 0 aliphatic carbocycles. The zero-order valence-corrected chi connectivity index (χ0v) is 19.6. The topological polar surface area (TPSA) is 42.9 Å². The standard InChI is InChI=1S/C21H37N5.HI/c1-4-22-21(24-19(2)3)23-12-8-9-13-25-14-16-26(17-15-25)18-20-10-6-5-7-11-20;/h5-7,10-11,19H,4,8-9,12-18H2,1-3H3,(H2,22,23,24);1H. The highest BCUT2D eigenvalue weighted by molar-refractivity contribution is 14.0. The lowest BCUT2D eigenvalue weighted by Gasteiger charge is -2.34. The molecule has 5 nitrogen and oxygen atoms in total. The van der Waals surface area contributed by atoms with Gasteiger partial charge in [-0.1, -0.05) is 30.3 Å². The number of hydrogen-bond donors (Lipinski definition) is 2. The second kappa shape index (κ2) is 14.2. The summed E-state index contributed by atoms with van der Waals surface area (Å²) in [6.45, 7) is 15.2. The van der Waals surface area contributed by atoms with Gasteiger partial charge >= 0.3 is 0 Å². The fourth-order valence-corrected chi connectivity index (χ4v) is 3.24. The van der Waals surface area contributed by atoms with Gasteiger partial charge in [-0.05, 0) is 45.7 Å². The summed E-state index contributed by atoms with van der Waals surface area (Å²) < 4.78 is 0. The normalized spacial score (nSPS) is 16.2. The lowest BCUT2D eigenvalue weighted by Crippen LogP contribution is -2.46. The van der Waals surface area contributed by atoms with E-state index in [0.29, 0.717) is 6.04 Å². The van der Waals surface area contributed by atoms with E-state index >= 15 is 0 Å². The lowest BCUT2D eigenvalue weighted by molar-refractivity contribution is 0.126. The minimum Gasteiger partial charge on any atom is -0.357 e. The molecule has 1 fully saturated rings. The Morgan fingerprint density at radius 3 is 2.33 bits per heavy atom. The van der Waals surface area contributed by atoms with Crippen molar-refractivity contribution in [3.63, 3.8) is 0 Å². The molecule has 0 radical (unpaired) electrons. The van der Waals surface area contributed by atoms with E-state index in [1.54, 1.807) is 0 Å². The van der Waals surface area contributed by atoms with E-state index in [1.165, 1.54) is 44.7 Å². The van der Waals surface area contributed by atoms with E-state index in [1.807, 2.05) is 0 Å². The molecule has 0 atom stereocenters. The van der Waals surface area contributed by atoms with Crippen LogP contribution >= 0.6 is 24.0 Å². The van der Waals surface area contributed by atoms with Gasteiger partial charge in [0.2, 0.25) is 0 Å². The summed E-state index contributed by atoms with van der Waals surface area (Å²) in [5.74, 6) is 0.942. The molecule has 1 aromatic rings. The minimum atomic E-state index is 0. The van der Waals surface area contributed by atoms with Gasteiger partial charge in [0.1, 0.15) is 0 Å². The van der Waals surface area contributed by atoms with Crippen molar-refractivity contribution < 1.29 is 0 Å². The van der Waals surface area contributed by atoms with Crippen molar-refractivity contribution in [2.45, 2.75) is 46.2 Å². The first-order valence-corrected chi connectivity index (χ1v) is 10.2. The maximum Gasteiger partial charge on any atom is 0.191 e. The Balaban J connectivity index is 0.00000364. The smallest absolute Gasteiger partial charge is 0.191 e. The van der Waals surface area contributed by atoms with Gasteiger partial charge in [-0.3, -0.25) is 9.89 Å². The predicted molar refractivity (Wildman–Crippen MR) is 127 cm³/mol. The number of halogens is 1. The maximum atomic E-state index is 4.66. The second-order valence-corrected chi connectivity index (χ2v) is 7.37. The van der Waals surface area contributed by atoms with Gasteiger partial charge < -0.3 is 15.5 Å². The molecule has 6 heteroatoms. The van der Waals surface area contributed by atoms with Crippen LogP contribution in [0.25, 0.3) is 0 Å². The molecule has 0 unspecified atom stereocenters. The van der Waals surface area contributed by atoms with Gasteiger partial charge in [0.05, 0.1) is 0 Å². The number of benzene rings is 1. The Hall–Kier alpha value is -0.860. The molecule has 1 heterocycles. The first-order valence-electron chi connectivity index (χ1n) is 10.2. The van der Waals surface area contributed by atoms with E-state index in [9.17, 15) is 0 Å². The Bertz CT molecular complexity index is 513. The fourth-order valence-electron chi connectivity index (χ4n) is 3.24. The molecule has 1 aliphatic heterocycles. The van der Waals surface area contributed by atoms with Crippen molar-refractivity contribution in [2.24, 2.45) is 4.99 Å². The van der Waals surface area contributed by atoms with Gasteiger partial charge in [0.25, 0.3) is 0 Å². The summed E-state index contributed by atoms with van der Waals surface area (Å²) >= 11 is 0. The van der Waals surface area contributed by atoms with Crippen LogP contribution in [0.2, 0.25) is 0 Å². The SMILES string of the molecule is CCNC(=NCCCCN1CCN(Cc2ccccc2)CC1)NC(C)C.I. The third-order valence-electron chi connectivity index (χ3n) is 4.64. The predicted octanol–water partition coefficient (Wildman–Crippen LogP) is 3.17. The molecule has 0 amide bonds. The van der Waals surface area contributed by atoms with E-state index in [2.05, 4.69) is 76.5 Å². The molecule has 0 spiro atoms. The molecule has 27 heavy (non-hydrogen) atoms. The zero-order valence-electron chi connectivity index (χ0n) is 17.3. The first-order chi connectivity index (χ1) is 12.7. The summed E-state index contributed by atoms with van der Waals surface area (Å²) in [5.41, 5.74) is 1.42. The highest BCUT2D eigenvalue weighted by Crippen LogP contribution is 2.09. The van der Waals surface area contributed by atoms with Crippen molar-refractivity contribution in [1.29, 1.82) is 0 Å². The third kappa shape index (κ3) is 10.3. The molecule has 1 saturated heterocycles. The number of rotatable bonds is 9. The number of guanidine groups is 1. The molecule has 1 aliphatic rings. The molecule has 2 N–H and O–H groups in total. The number of aliphatic imine (C=N–C) groups is 1. The molecule has 1 aromatic carbocycles. The summed E-state index contributed by atoms with van der Waals surface area (Å²) in [5, 5.41) is 6.67. The van der Waals surface area contributed by atoms with E-state index in [0.717, 1.165) is 32.0 Å². The van der Waals surface area contributed by atoms with Gasteiger partial charge in [-0.15, -0.1) is 24.0 Å². The van der Waals surface area contributed by atoms with Crippen LogP contribution in [0.3, 0.4) is 0 Å². The van der Waals surface area contributed by atoms with Gasteiger partial charge in [-0.2, -0.15) is 0 Å². The van der Waals surface area contributed by atoms with Crippen molar-refractivity contribution in [2.75, 3.05) is 45.8 Å². The van der Waals surface area contributed by atoms with Crippen LogP contribution in [0.15, 0.2) is 35.3 Å². The van der Waals surface area contributed by atoms with Crippen LogP contribution in [-0.4, -0.2) is 67.6 Å². The van der Waals surface area contributed by atoms with Crippen molar-refractivity contribution >= 4 is 29.9 Å². The number of piperazine rings is 1. The Morgan fingerprint density at radius 2 is 1.70 bits per heavy atom. The quantitative estimate of drug-likeness (QED) is 0.243. The molecular weight excluding hydrogens is 449 g/mol. The Morgan fingerprint density at radius 1 is 1.04 bits per heavy atom. The molecule has 0 saturated carbocycles. The van der Waals surface area contributed by atoms with Gasteiger partial charge in [-0.25, -0.2) is 0 Å². The third-order valence-corrected chi connectivity index (χ3v) is 4.64. The van der Waals surface area contributed by atoms with Crippen LogP contribution < -0.4 is 10.6 Å². The summed E-state index contributed by atoms with van der Waals surface area (Å²) in [6, 6.07) is 11.2. The molecular formula is C21H38IN5. The van der Waals surface area contributed by atoms with E-state index in [4.69, 9.17) is 0 Å². The second-order valence-electron chi connectivity index (χ2n) is 7.37. The monoisotopic (exact) mass is 487 g/mol. The minimum absolute atomic E-state index is 0. The number of nitrogens with zero attached hydrogens (tertiary/aromatic N) is 3. The van der Waals surface area contributed by atoms with Gasteiger partial charge in [0.15, 0.2) is 5.96 Å². The van der Waals surface area contributed by atoms with Crippen molar-refractivity contribution in [3.05, 3.63) is 35.9 Å². The van der Waals surface area contributed by atoms with Crippen molar-refractivity contribution in [3.8, 4) is 0 Å². The van der Waals surface area contributed by atoms with Gasteiger partial charge in [0, 0.05) is 51.9 Å². The fraction of sp³-hybridized carbons (Fsp3) is 0.667. The molecule has 2 rings (SSSR count). The molecule has 154 valence electrons. The number of hydrogen-bond acceptors (Lipinski definition) is 3. The largest absolute Gasteiger partial charge is 0.357 e. The average molecular weight is 487 g/mol. The Labute approximate surface area is 183 Å². The highest BCUT2D eigenvalue weighted by Gasteiger charge is 2.16. The highest BCUT2D eigenvalue weighted by atomic mass is 127. The lowest BCUT2D eigenvalue weighted by atomic mass is 10.2. The van der Waals surface area contributed by atoms with E-state index in [-0.39, 0.29) is 24.0 Å². The van der Waals surface area contributed by atoms with Crippen LogP contribution in [-0.2, 0) is 6.54 Å². The molecule has 0 bridgehead atoms. The van der Waals surface area contributed by atoms with E-state index < -0.39 is 0 Å². The number of unbranched alkanes of at least 4 members (excludes halogenated alkanes) is 1. The summed E-state index contributed by atoms with van der Waals surface area (Å²) in [6.07, 6.45) is 2.38. The maximum absolute atomic E-state index is 4.66. The van der Waals surface area contributed by atoms with Crippen LogP contribution in [0.5, 0.6) is 0 Å². The Kier molecular flexibility index (Phi) is 12.7. The molecule has 0 aromatic heterocycles. The van der Waals surface area contributed by atoms with Crippen LogP contribution in [0.1, 0.15) is 39.2 Å². The van der Waals surface area contributed by atoms with Crippen molar-refractivity contribution in [1.82, 2.24) is 20.4 Å². The summed E-state index contributed by atoms with van der Waals surface area (Å²) in [7, 11) is 0. The summed E-state index contributed by atoms with van der Waals surface area (Å²) in [4.78, 5) is 9.83. The average Bonchev–Trinajstić information content (AvgIpc) is 2.63. The van der Waals surface area contributed by atoms with Crippen LogP contribution in [0, 0.1) is 0 Å². The number of nitrogens with one attached hydrogen (secondary N) is 2. The van der Waals surface area contributed by atoms with Crippen LogP contribution in [0.4, 0.5) is 0 Å². The zero-order chi connectivity index (χ0) is 18.6.